The van der Waals surface area contributed by atoms with E-state index in [0.717, 1.165) is 5.56 Å². The third kappa shape index (κ3) is 3.16. The highest BCUT2D eigenvalue weighted by Crippen LogP contribution is 2.15. The van der Waals surface area contributed by atoms with Crippen molar-refractivity contribution in [3.05, 3.63) is 39.9 Å². The largest absolute Gasteiger partial charge is 0.300 e. The fourth-order valence-corrected chi connectivity index (χ4v) is 1.25. The first-order valence-corrected chi connectivity index (χ1v) is 4.74. The van der Waals surface area contributed by atoms with Gasteiger partial charge in [-0.3, -0.25) is 14.9 Å². The van der Waals surface area contributed by atoms with Crippen molar-refractivity contribution in [1.29, 1.82) is 0 Å². The van der Waals surface area contributed by atoms with Crippen LogP contribution in [0.5, 0.6) is 0 Å². The molecule has 0 spiro atoms. The number of ketones is 1. The molecule has 1 rings (SSSR count). The molecule has 0 amide bonds. The fraction of sp³-hybridized carbons (Fsp3) is 0.364. The van der Waals surface area contributed by atoms with Gasteiger partial charge in [0.05, 0.1) is 4.92 Å². The average molecular weight is 207 g/mol. The summed E-state index contributed by atoms with van der Waals surface area (Å²) in [7, 11) is 0. The normalized spacial score (nSPS) is 12.1. The third-order valence-corrected chi connectivity index (χ3v) is 2.38. The Hall–Kier alpha value is -1.71. The molecule has 0 radical (unpaired) electrons. The predicted molar refractivity (Wildman–Crippen MR) is 56.6 cm³/mol. The van der Waals surface area contributed by atoms with Gasteiger partial charge in [-0.05, 0) is 18.9 Å². The summed E-state index contributed by atoms with van der Waals surface area (Å²) < 4.78 is 0. The van der Waals surface area contributed by atoms with Crippen molar-refractivity contribution in [2.24, 2.45) is 5.92 Å². The quantitative estimate of drug-likeness (QED) is 0.562. The standard InChI is InChI=1S/C11H13NO3/c1-8(9(2)13)7-10-3-5-11(6-4-10)12(14)15/h3-6,8H,7H2,1-2H3/t8-/m1/s1. The number of nitro groups is 1. The van der Waals surface area contributed by atoms with E-state index in [2.05, 4.69) is 0 Å². The molecule has 0 aliphatic carbocycles. The Morgan fingerprint density at radius 1 is 1.40 bits per heavy atom. The minimum absolute atomic E-state index is 0.0357. The summed E-state index contributed by atoms with van der Waals surface area (Å²) in [6.07, 6.45) is 0.632. The van der Waals surface area contributed by atoms with Gasteiger partial charge < -0.3 is 0 Å². The lowest BCUT2D eigenvalue weighted by atomic mass is 9.98. The zero-order valence-electron chi connectivity index (χ0n) is 8.77. The molecule has 0 saturated heterocycles. The van der Waals surface area contributed by atoms with Crippen LogP contribution in [0.3, 0.4) is 0 Å². The topological polar surface area (TPSA) is 60.2 Å². The molecule has 15 heavy (non-hydrogen) atoms. The molecule has 0 N–H and O–H groups in total. The highest BCUT2D eigenvalue weighted by Gasteiger charge is 2.10. The lowest BCUT2D eigenvalue weighted by Gasteiger charge is -2.06. The van der Waals surface area contributed by atoms with Gasteiger partial charge in [-0.1, -0.05) is 19.1 Å². The number of hydrogen-bond donors (Lipinski definition) is 0. The Balaban J connectivity index is 2.72. The average Bonchev–Trinajstić information content (AvgIpc) is 2.18. The van der Waals surface area contributed by atoms with Gasteiger partial charge >= 0.3 is 0 Å². The number of hydrogen-bond acceptors (Lipinski definition) is 3. The number of carbonyl (C=O) groups excluding carboxylic acids is 1. The van der Waals surface area contributed by atoms with E-state index >= 15 is 0 Å². The van der Waals surface area contributed by atoms with Crippen LogP contribution in [0.2, 0.25) is 0 Å². The second-order valence-corrected chi connectivity index (χ2v) is 3.64. The van der Waals surface area contributed by atoms with Gasteiger partial charge in [0.2, 0.25) is 0 Å². The van der Waals surface area contributed by atoms with Crippen LogP contribution in [0.1, 0.15) is 19.4 Å². The van der Waals surface area contributed by atoms with Gasteiger partial charge in [-0.15, -0.1) is 0 Å². The Labute approximate surface area is 88.1 Å². The van der Waals surface area contributed by atoms with Crippen LogP contribution in [0.15, 0.2) is 24.3 Å². The van der Waals surface area contributed by atoms with Gasteiger partial charge in [-0.25, -0.2) is 0 Å². The summed E-state index contributed by atoms with van der Waals surface area (Å²) in [5.74, 6) is 0.0970. The Morgan fingerprint density at radius 2 is 1.93 bits per heavy atom. The number of rotatable bonds is 4. The van der Waals surface area contributed by atoms with E-state index in [9.17, 15) is 14.9 Å². The fourth-order valence-electron chi connectivity index (χ4n) is 1.25. The first-order valence-electron chi connectivity index (χ1n) is 4.74. The molecular formula is C11H13NO3. The minimum Gasteiger partial charge on any atom is -0.300 e. The van der Waals surface area contributed by atoms with Gasteiger partial charge in [-0.2, -0.15) is 0 Å². The van der Waals surface area contributed by atoms with Crippen molar-refractivity contribution in [3.63, 3.8) is 0 Å². The van der Waals surface area contributed by atoms with Crippen molar-refractivity contribution in [2.75, 3.05) is 0 Å². The van der Waals surface area contributed by atoms with Crippen LogP contribution in [0.25, 0.3) is 0 Å². The smallest absolute Gasteiger partial charge is 0.269 e. The molecule has 80 valence electrons. The molecule has 0 unspecified atom stereocenters. The number of Topliss-reactive ketones (excluding diaryl/α,β-unsaturated/α-hetero) is 1. The van der Waals surface area contributed by atoms with Crippen LogP contribution in [-0.2, 0) is 11.2 Å². The zero-order chi connectivity index (χ0) is 11.4. The highest BCUT2D eigenvalue weighted by molar-refractivity contribution is 5.78. The van der Waals surface area contributed by atoms with Crippen molar-refractivity contribution < 1.29 is 9.72 Å². The van der Waals surface area contributed by atoms with Crippen LogP contribution < -0.4 is 0 Å². The minimum atomic E-state index is -0.432. The van der Waals surface area contributed by atoms with E-state index < -0.39 is 4.92 Å². The summed E-state index contributed by atoms with van der Waals surface area (Å²) >= 11 is 0. The van der Waals surface area contributed by atoms with Crippen molar-refractivity contribution in [1.82, 2.24) is 0 Å². The maximum absolute atomic E-state index is 11.0. The Bertz CT molecular complexity index is 370. The number of nitrogens with zero attached hydrogens (tertiary/aromatic N) is 1. The van der Waals surface area contributed by atoms with E-state index in [0.29, 0.717) is 6.42 Å². The SMILES string of the molecule is CC(=O)[C@H](C)Cc1ccc([N+](=O)[O-])cc1. The molecule has 1 aromatic rings. The molecule has 0 heterocycles. The summed E-state index contributed by atoms with van der Waals surface area (Å²) in [4.78, 5) is 21.0. The van der Waals surface area contributed by atoms with Gasteiger partial charge in [0.1, 0.15) is 5.78 Å². The molecule has 1 aromatic carbocycles. The number of carbonyl (C=O) groups is 1. The molecular weight excluding hydrogens is 194 g/mol. The maximum atomic E-state index is 11.0. The van der Waals surface area contributed by atoms with Crippen molar-refractivity contribution in [3.8, 4) is 0 Å². The highest BCUT2D eigenvalue weighted by atomic mass is 16.6. The van der Waals surface area contributed by atoms with Crippen LogP contribution in [0.4, 0.5) is 5.69 Å². The van der Waals surface area contributed by atoms with Gasteiger partial charge in [0.25, 0.3) is 5.69 Å². The van der Waals surface area contributed by atoms with Gasteiger partial charge in [0, 0.05) is 18.1 Å². The Kier molecular flexibility index (Phi) is 3.55. The molecule has 0 aromatic heterocycles. The third-order valence-electron chi connectivity index (χ3n) is 2.38. The van der Waals surface area contributed by atoms with E-state index in [-0.39, 0.29) is 17.4 Å². The molecule has 0 aliphatic rings. The zero-order valence-corrected chi connectivity index (χ0v) is 8.77. The molecule has 0 fully saturated rings. The van der Waals surface area contributed by atoms with Crippen LogP contribution in [0, 0.1) is 16.0 Å². The molecule has 0 aliphatic heterocycles. The predicted octanol–water partition coefficient (Wildman–Crippen LogP) is 2.36. The Morgan fingerprint density at radius 3 is 2.33 bits per heavy atom. The first kappa shape index (κ1) is 11.4. The summed E-state index contributed by atoms with van der Waals surface area (Å²) in [5, 5.41) is 10.4. The van der Waals surface area contributed by atoms with Crippen molar-refractivity contribution >= 4 is 11.5 Å². The molecule has 0 saturated carbocycles. The van der Waals surface area contributed by atoms with Gasteiger partial charge in [0.15, 0.2) is 0 Å². The van der Waals surface area contributed by atoms with E-state index in [1.165, 1.54) is 12.1 Å². The second kappa shape index (κ2) is 4.68. The lowest BCUT2D eigenvalue weighted by Crippen LogP contribution is -2.09. The summed E-state index contributed by atoms with van der Waals surface area (Å²) in [6, 6.07) is 6.31. The molecule has 1 atom stereocenters. The van der Waals surface area contributed by atoms with Crippen LogP contribution >= 0.6 is 0 Å². The summed E-state index contributed by atoms with van der Waals surface area (Å²) in [6.45, 7) is 3.40. The number of benzene rings is 1. The summed E-state index contributed by atoms with van der Waals surface area (Å²) in [5.41, 5.74) is 1.03. The van der Waals surface area contributed by atoms with E-state index in [1.54, 1.807) is 19.1 Å². The van der Waals surface area contributed by atoms with Crippen LogP contribution in [-0.4, -0.2) is 10.7 Å². The molecule has 4 nitrogen and oxygen atoms in total. The van der Waals surface area contributed by atoms with Crippen molar-refractivity contribution in [2.45, 2.75) is 20.3 Å². The first-order chi connectivity index (χ1) is 7.00. The number of non-ortho nitro benzene ring substituents is 1. The molecule has 0 bridgehead atoms. The van der Waals surface area contributed by atoms with E-state index in [4.69, 9.17) is 0 Å². The lowest BCUT2D eigenvalue weighted by molar-refractivity contribution is -0.384. The maximum Gasteiger partial charge on any atom is 0.269 e. The van der Waals surface area contributed by atoms with E-state index in [1.807, 2.05) is 6.92 Å². The second-order valence-electron chi connectivity index (χ2n) is 3.64. The molecule has 4 heteroatoms. The number of nitro benzene ring substituents is 1. The monoisotopic (exact) mass is 207 g/mol.